The first kappa shape index (κ1) is 19.5. The van der Waals surface area contributed by atoms with Crippen LogP contribution in [0.15, 0.2) is 24.4 Å². The molecule has 1 aliphatic heterocycles. The number of aromatic nitrogens is 1. The molecule has 2 aromatic rings. The number of ether oxygens (including phenoxy) is 1. The van der Waals surface area contributed by atoms with Crippen LogP contribution < -0.4 is 10.5 Å². The van der Waals surface area contributed by atoms with Gasteiger partial charge in [0.25, 0.3) is 5.91 Å². The fourth-order valence-corrected chi connectivity index (χ4v) is 3.59. The number of carbonyl (C=O) groups is 1. The van der Waals surface area contributed by atoms with Gasteiger partial charge in [-0.05, 0) is 24.6 Å². The van der Waals surface area contributed by atoms with Crippen molar-refractivity contribution in [3.05, 3.63) is 40.4 Å². The minimum Gasteiger partial charge on any atom is -0.496 e. The molecule has 0 aliphatic carbocycles. The first-order valence-electron chi connectivity index (χ1n) is 7.93. The van der Waals surface area contributed by atoms with E-state index in [2.05, 4.69) is 9.88 Å². The molecule has 1 aromatic carbocycles. The Morgan fingerprint density at radius 2 is 2.04 bits per heavy atom. The standard InChI is InChI=1S/C17H22N4O2S.ClH/c1-12-3-4-13(9-15(12)23-2)16(22)21-7-5-20(6-8-21)11-14-10-19-17(18)24-14;/h3-4,9-10H,5-8,11H2,1-2H3,(H2,18,19);1H. The summed E-state index contributed by atoms with van der Waals surface area (Å²) >= 11 is 1.52. The molecule has 1 saturated heterocycles. The molecule has 2 heterocycles. The molecule has 0 radical (unpaired) electrons. The number of anilines is 1. The maximum Gasteiger partial charge on any atom is 0.254 e. The molecule has 1 fully saturated rings. The molecule has 0 saturated carbocycles. The largest absolute Gasteiger partial charge is 0.496 e. The summed E-state index contributed by atoms with van der Waals surface area (Å²) in [4.78, 5) is 22.1. The molecule has 8 heteroatoms. The first-order valence-corrected chi connectivity index (χ1v) is 8.75. The van der Waals surface area contributed by atoms with E-state index in [0.29, 0.717) is 10.7 Å². The Kier molecular flexibility index (Phi) is 6.64. The fraction of sp³-hybridized carbons (Fsp3) is 0.412. The molecule has 1 aliphatic rings. The van der Waals surface area contributed by atoms with Crippen LogP contribution >= 0.6 is 23.7 Å². The summed E-state index contributed by atoms with van der Waals surface area (Å²) < 4.78 is 5.31. The molecule has 1 aromatic heterocycles. The summed E-state index contributed by atoms with van der Waals surface area (Å²) in [7, 11) is 1.63. The number of aryl methyl sites for hydroxylation is 1. The van der Waals surface area contributed by atoms with E-state index in [-0.39, 0.29) is 18.3 Å². The average molecular weight is 383 g/mol. The highest BCUT2D eigenvalue weighted by Gasteiger charge is 2.23. The second-order valence-corrected chi connectivity index (χ2v) is 7.06. The third-order valence-corrected chi connectivity index (χ3v) is 5.08. The number of hydrogen-bond acceptors (Lipinski definition) is 6. The molecular formula is C17H23ClN4O2S. The average Bonchev–Trinajstić information content (AvgIpc) is 3.00. The topological polar surface area (TPSA) is 71.7 Å². The molecule has 1 amide bonds. The number of rotatable bonds is 4. The lowest BCUT2D eigenvalue weighted by atomic mass is 10.1. The highest BCUT2D eigenvalue weighted by Crippen LogP contribution is 2.21. The van der Waals surface area contributed by atoms with Crippen molar-refractivity contribution in [3.8, 4) is 5.75 Å². The second kappa shape index (κ2) is 8.51. The number of carbonyl (C=O) groups excluding carboxylic acids is 1. The van der Waals surface area contributed by atoms with Gasteiger partial charge in [0, 0.05) is 49.4 Å². The molecule has 0 bridgehead atoms. The van der Waals surface area contributed by atoms with E-state index in [9.17, 15) is 4.79 Å². The van der Waals surface area contributed by atoms with E-state index in [1.165, 1.54) is 11.3 Å². The van der Waals surface area contributed by atoms with Gasteiger partial charge in [0.1, 0.15) is 5.75 Å². The zero-order valence-corrected chi connectivity index (χ0v) is 16.0. The Balaban J connectivity index is 0.00000225. The summed E-state index contributed by atoms with van der Waals surface area (Å²) in [5.41, 5.74) is 7.38. The Morgan fingerprint density at radius 1 is 1.32 bits per heavy atom. The van der Waals surface area contributed by atoms with E-state index in [1.807, 2.05) is 36.2 Å². The number of piperazine rings is 1. The fourth-order valence-electron chi connectivity index (χ4n) is 2.86. The lowest BCUT2D eigenvalue weighted by Gasteiger charge is -2.34. The molecule has 2 N–H and O–H groups in total. The van der Waals surface area contributed by atoms with Crippen LogP contribution in [-0.2, 0) is 6.54 Å². The number of nitrogens with two attached hydrogens (primary N) is 1. The molecule has 0 unspecified atom stereocenters. The predicted octanol–water partition coefficient (Wildman–Crippen LogP) is 2.42. The maximum absolute atomic E-state index is 12.7. The smallest absolute Gasteiger partial charge is 0.254 e. The van der Waals surface area contributed by atoms with Crippen LogP contribution in [0.2, 0.25) is 0 Å². The van der Waals surface area contributed by atoms with Gasteiger partial charge in [0.2, 0.25) is 0 Å². The van der Waals surface area contributed by atoms with Crippen molar-refractivity contribution in [2.24, 2.45) is 0 Å². The summed E-state index contributed by atoms with van der Waals surface area (Å²) in [6.45, 7) is 5.97. The van der Waals surface area contributed by atoms with Gasteiger partial charge < -0.3 is 15.4 Å². The number of amides is 1. The van der Waals surface area contributed by atoms with E-state index >= 15 is 0 Å². The molecule has 25 heavy (non-hydrogen) atoms. The molecule has 136 valence electrons. The Labute approximate surface area is 158 Å². The molecule has 0 spiro atoms. The number of thiazole rings is 1. The summed E-state index contributed by atoms with van der Waals surface area (Å²) in [5, 5.41) is 0.604. The van der Waals surface area contributed by atoms with Crippen molar-refractivity contribution < 1.29 is 9.53 Å². The van der Waals surface area contributed by atoms with E-state index in [1.54, 1.807) is 7.11 Å². The summed E-state index contributed by atoms with van der Waals surface area (Å²) in [6.07, 6.45) is 1.83. The second-order valence-electron chi connectivity index (χ2n) is 5.92. The number of hydrogen-bond donors (Lipinski definition) is 1. The zero-order valence-electron chi connectivity index (χ0n) is 14.4. The predicted molar refractivity (Wildman–Crippen MR) is 103 cm³/mol. The van der Waals surface area contributed by atoms with Gasteiger partial charge in [0.15, 0.2) is 5.13 Å². The Hall–Kier alpha value is -1.83. The highest BCUT2D eigenvalue weighted by atomic mass is 35.5. The van der Waals surface area contributed by atoms with Crippen molar-refractivity contribution >= 4 is 34.8 Å². The number of nitrogen functional groups attached to an aromatic ring is 1. The Bertz CT molecular complexity index is 729. The van der Waals surface area contributed by atoms with Gasteiger partial charge in [-0.1, -0.05) is 6.07 Å². The zero-order chi connectivity index (χ0) is 17.1. The van der Waals surface area contributed by atoms with Crippen LogP contribution in [0, 0.1) is 6.92 Å². The van der Waals surface area contributed by atoms with Gasteiger partial charge in [-0.2, -0.15) is 0 Å². The monoisotopic (exact) mass is 382 g/mol. The number of halogens is 1. The lowest BCUT2D eigenvalue weighted by Crippen LogP contribution is -2.48. The van der Waals surface area contributed by atoms with E-state index in [4.69, 9.17) is 10.5 Å². The van der Waals surface area contributed by atoms with Crippen LogP contribution in [0.1, 0.15) is 20.8 Å². The molecular weight excluding hydrogens is 360 g/mol. The number of nitrogens with zero attached hydrogens (tertiary/aromatic N) is 3. The third-order valence-electron chi connectivity index (χ3n) is 4.27. The Morgan fingerprint density at radius 3 is 2.64 bits per heavy atom. The van der Waals surface area contributed by atoms with Crippen LogP contribution in [0.4, 0.5) is 5.13 Å². The molecule has 0 atom stereocenters. The lowest BCUT2D eigenvalue weighted by molar-refractivity contribution is 0.0629. The quantitative estimate of drug-likeness (QED) is 0.879. The van der Waals surface area contributed by atoms with Crippen molar-refractivity contribution in [1.82, 2.24) is 14.8 Å². The van der Waals surface area contributed by atoms with Gasteiger partial charge >= 0.3 is 0 Å². The maximum atomic E-state index is 12.7. The summed E-state index contributed by atoms with van der Waals surface area (Å²) in [6, 6.07) is 5.62. The normalized spacial score (nSPS) is 14.9. The van der Waals surface area contributed by atoms with Crippen molar-refractivity contribution in [3.63, 3.8) is 0 Å². The van der Waals surface area contributed by atoms with Crippen LogP contribution in [0.5, 0.6) is 5.75 Å². The van der Waals surface area contributed by atoms with Crippen LogP contribution in [-0.4, -0.2) is 54.0 Å². The number of benzene rings is 1. The third kappa shape index (κ3) is 4.62. The van der Waals surface area contributed by atoms with Gasteiger partial charge in [-0.25, -0.2) is 4.98 Å². The van der Waals surface area contributed by atoms with Gasteiger partial charge in [0.05, 0.1) is 7.11 Å². The van der Waals surface area contributed by atoms with Crippen molar-refractivity contribution in [1.29, 1.82) is 0 Å². The highest BCUT2D eigenvalue weighted by molar-refractivity contribution is 7.15. The first-order chi connectivity index (χ1) is 11.6. The molecule has 3 rings (SSSR count). The van der Waals surface area contributed by atoms with Gasteiger partial charge in [-0.3, -0.25) is 9.69 Å². The SMILES string of the molecule is COc1cc(C(=O)N2CCN(Cc3cnc(N)s3)CC2)ccc1C.Cl. The minimum atomic E-state index is 0. The van der Waals surface area contributed by atoms with Gasteiger partial charge in [-0.15, -0.1) is 23.7 Å². The van der Waals surface area contributed by atoms with Crippen LogP contribution in [0.25, 0.3) is 0 Å². The van der Waals surface area contributed by atoms with Crippen molar-refractivity contribution in [2.75, 3.05) is 39.0 Å². The number of methoxy groups -OCH3 is 1. The van der Waals surface area contributed by atoms with E-state index < -0.39 is 0 Å². The van der Waals surface area contributed by atoms with E-state index in [0.717, 1.165) is 48.9 Å². The molecule has 6 nitrogen and oxygen atoms in total. The van der Waals surface area contributed by atoms with Crippen molar-refractivity contribution in [2.45, 2.75) is 13.5 Å². The van der Waals surface area contributed by atoms with Crippen LogP contribution in [0.3, 0.4) is 0 Å². The minimum absolute atomic E-state index is 0. The summed E-state index contributed by atoms with van der Waals surface area (Å²) in [5.74, 6) is 0.817.